The van der Waals surface area contributed by atoms with E-state index in [0.29, 0.717) is 5.76 Å². The fourth-order valence-electron chi connectivity index (χ4n) is 2.26. The van der Waals surface area contributed by atoms with Gasteiger partial charge < -0.3 is 9.84 Å². The van der Waals surface area contributed by atoms with Crippen LogP contribution in [0.2, 0.25) is 0 Å². The molecule has 106 valence electrons. The molecule has 0 spiro atoms. The average molecular weight is 284 g/mol. The predicted octanol–water partition coefficient (Wildman–Crippen LogP) is 1.68. The van der Waals surface area contributed by atoms with Crippen molar-refractivity contribution in [3.05, 3.63) is 17.5 Å². The number of hydrogen-bond donors (Lipinski definition) is 1. The van der Waals surface area contributed by atoms with Crippen LogP contribution in [-0.2, 0) is 21.3 Å². The lowest BCUT2D eigenvalue weighted by Gasteiger charge is -2.15. The summed E-state index contributed by atoms with van der Waals surface area (Å²) in [5.41, 5.74) is 0.759. The zero-order valence-electron chi connectivity index (χ0n) is 11.3. The lowest BCUT2D eigenvalue weighted by atomic mass is 10.2. The second kappa shape index (κ2) is 6.32. The highest BCUT2D eigenvalue weighted by Gasteiger charge is 2.25. The number of aryl methyl sites for hydroxylation is 1. The van der Waals surface area contributed by atoms with Gasteiger partial charge >= 0.3 is 0 Å². The molecule has 1 saturated carbocycles. The molecule has 0 unspecified atom stereocenters. The molecule has 1 aromatic heterocycles. The standard InChI is InChI=1S/C13H20N2O3S/c1-9-7-12(18-15-9)8-19(17)10(2)13(16)14-11-5-3-4-6-11/h7,10-11H,3-6,8H2,1-2H3,(H,14,16)/t10-,19-/m0/s1. The van der Waals surface area contributed by atoms with E-state index in [2.05, 4.69) is 10.5 Å². The topological polar surface area (TPSA) is 72.2 Å². The normalized spacial score (nSPS) is 19.3. The van der Waals surface area contributed by atoms with Crippen LogP contribution in [0.4, 0.5) is 0 Å². The molecule has 1 aromatic rings. The van der Waals surface area contributed by atoms with E-state index >= 15 is 0 Å². The van der Waals surface area contributed by atoms with Crippen molar-refractivity contribution >= 4 is 16.7 Å². The van der Waals surface area contributed by atoms with Crippen molar-refractivity contribution in [3.63, 3.8) is 0 Å². The maximum absolute atomic E-state index is 12.1. The van der Waals surface area contributed by atoms with Crippen molar-refractivity contribution in [2.24, 2.45) is 0 Å². The van der Waals surface area contributed by atoms with Crippen LogP contribution in [0.1, 0.15) is 44.1 Å². The summed E-state index contributed by atoms with van der Waals surface area (Å²) in [4.78, 5) is 12.0. The molecule has 2 rings (SSSR count). The first kappa shape index (κ1) is 14.2. The zero-order chi connectivity index (χ0) is 13.8. The Morgan fingerprint density at radius 2 is 2.26 bits per heavy atom. The van der Waals surface area contributed by atoms with Crippen molar-refractivity contribution in [1.29, 1.82) is 0 Å². The summed E-state index contributed by atoms with van der Waals surface area (Å²) < 4.78 is 17.1. The van der Waals surface area contributed by atoms with Crippen molar-refractivity contribution in [3.8, 4) is 0 Å². The summed E-state index contributed by atoms with van der Waals surface area (Å²) in [5.74, 6) is 0.679. The molecule has 0 bridgehead atoms. The molecular formula is C13H20N2O3S. The second-order valence-corrected chi connectivity index (χ2v) is 6.85. The van der Waals surface area contributed by atoms with Gasteiger partial charge in [0, 0.05) is 22.9 Å². The van der Waals surface area contributed by atoms with Crippen LogP contribution in [0, 0.1) is 6.92 Å². The van der Waals surface area contributed by atoms with Crippen molar-refractivity contribution in [2.45, 2.75) is 56.6 Å². The molecule has 0 radical (unpaired) electrons. The molecule has 6 heteroatoms. The molecule has 1 aliphatic carbocycles. The number of carbonyl (C=O) groups excluding carboxylic acids is 1. The maximum Gasteiger partial charge on any atom is 0.235 e. The van der Waals surface area contributed by atoms with Gasteiger partial charge in [-0.2, -0.15) is 0 Å². The zero-order valence-corrected chi connectivity index (χ0v) is 12.2. The van der Waals surface area contributed by atoms with E-state index in [1.54, 1.807) is 13.0 Å². The summed E-state index contributed by atoms with van der Waals surface area (Å²) in [6.07, 6.45) is 4.40. The van der Waals surface area contributed by atoms with Crippen LogP contribution in [0.25, 0.3) is 0 Å². The lowest BCUT2D eigenvalue weighted by molar-refractivity contribution is -0.121. The maximum atomic E-state index is 12.1. The molecular weight excluding hydrogens is 264 g/mol. The van der Waals surface area contributed by atoms with Gasteiger partial charge in [-0.15, -0.1) is 0 Å². The molecule has 1 fully saturated rings. The van der Waals surface area contributed by atoms with Crippen LogP contribution < -0.4 is 5.32 Å². The third-order valence-electron chi connectivity index (χ3n) is 3.43. The predicted molar refractivity (Wildman–Crippen MR) is 72.9 cm³/mol. The van der Waals surface area contributed by atoms with Gasteiger partial charge in [0.15, 0.2) is 0 Å². The van der Waals surface area contributed by atoms with E-state index in [1.807, 2.05) is 6.92 Å². The Kier molecular flexibility index (Phi) is 4.74. The number of aromatic nitrogens is 1. The summed E-state index contributed by atoms with van der Waals surface area (Å²) in [5, 5.41) is 6.20. The molecule has 19 heavy (non-hydrogen) atoms. The minimum atomic E-state index is -1.28. The van der Waals surface area contributed by atoms with E-state index in [0.717, 1.165) is 18.5 Å². The summed E-state index contributed by atoms with van der Waals surface area (Å²) >= 11 is 0. The van der Waals surface area contributed by atoms with Crippen molar-refractivity contribution in [2.75, 3.05) is 0 Å². The van der Waals surface area contributed by atoms with E-state index < -0.39 is 16.0 Å². The minimum Gasteiger partial charge on any atom is -0.360 e. The Hall–Kier alpha value is -1.17. The Morgan fingerprint density at radius 1 is 1.58 bits per heavy atom. The Balaban J connectivity index is 1.85. The number of rotatable bonds is 5. The first-order valence-electron chi connectivity index (χ1n) is 6.66. The number of hydrogen-bond acceptors (Lipinski definition) is 4. The monoisotopic (exact) mass is 284 g/mol. The van der Waals surface area contributed by atoms with E-state index in [9.17, 15) is 9.00 Å². The van der Waals surface area contributed by atoms with Gasteiger partial charge in [0.05, 0.1) is 11.4 Å². The number of nitrogens with one attached hydrogen (secondary N) is 1. The molecule has 1 heterocycles. The van der Waals surface area contributed by atoms with Crippen LogP contribution >= 0.6 is 0 Å². The largest absolute Gasteiger partial charge is 0.360 e. The van der Waals surface area contributed by atoms with Gasteiger partial charge in [0.2, 0.25) is 5.91 Å². The van der Waals surface area contributed by atoms with Crippen molar-refractivity contribution in [1.82, 2.24) is 10.5 Å². The molecule has 0 saturated heterocycles. The molecule has 0 aliphatic heterocycles. The summed E-state index contributed by atoms with van der Waals surface area (Å²) in [6.45, 7) is 3.51. The van der Waals surface area contributed by atoms with E-state index in [1.165, 1.54) is 12.8 Å². The quantitative estimate of drug-likeness (QED) is 0.893. The fourth-order valence-corrected chi connectivity index (χ4v) is 3.23. The van der Waals surface area contributed by atoms with Crippen LogP contribution in [0.15, 0.2) is 10.6 Å². The SMILES string of the molecule is Cc1cc(C[S@](=O)[C@@H](C)C(=O)NC2CCCC2)on1. The molecule has 0 aromatic carbocycles. The highest BCUT2D eigenvalue weighted by molar-refractivity contribution is 7.85. The number of nitrogens with zero attached hydrogens (tertiary/aromatic N) is 1. The highest BCUT2D eigenvalue weighted by atomic mass is 32.2. The Morgan fingerprint density at radius 3 is 2.84 bits per heavy atom. The fraction of sp³-hybridized carbons (Fsp3) is 0.692. The van der Waals surface area contributed by atoms with Gasteiger partial charge in [-0.05, 0) is 26.7 Å². The first-order valence-corrected chi connectivity index (χ1v) is 8.04. The number of amides is 1. The lowest BCUT2D eigenvalue weighted by Crippen LogP contribution is -2.40. The Labute approximate surface area is 115 Å². The van der Waals surface area contributed by atoms with Crippen LogP contribution in [0.3, 0.4) is 0 Å². The van der Waals surface area contributed by atoms with Crippen molar-refractivity contribution < 1.29 is 13.5 Å². The highest BCUT2D eigenvalue weighted by Crippen LogP contribution is 2.18. The third-order valence-corrected chi connectivity index (χ3v) is 5.00. The average Bonchev–Trinajstić information content (AvgIpc) is 3.00. The third kappa shape index (κ3) is 3.89. The smallest absolute Gasteiger partial charge is 0.235 e. The van der Waals surface area contributed by atoms with Crippen LogP contribution in [-0.4, -0.2) is 26.6 Å². The van der Waals surface area contributed by atoms with Gasteiger partial charge in [0.25, 0.3) is 0 Å². The molecule has 1 aliphatic rings. The molecule has 1 amide bonds. The van der Waals surface area contributed by atoms with Gasteiger partial charge in [0.1, 0.15) is 11.0 Å². The number of carbonyl (C=O) groups is 1. The summed E-state index contributed by atoms with van der Waals surface area (Å²) in [7, 11) is -1.28. The first-order chi connectivity index (χ1) is 9.06. The van der Waals surface area contributed by atoms with Crippen LogP contribution in [0.5, 0.6) is 0 Å². The second-order valence-electron chi connectivity index (χ2n) is 5.09. The molecule has 2 atom stereocenters. The minimum absolute atomic E-state index is 0.124. The van der Waals surface area contributed by atoms with Gasteiger partial charge in [-0.25, -0.2) is 0 Å². The van der Waals surface area contributed by atoms with Gasteiger partial charge in [-0.3, -0.25) is 9.00 Å². The Bertz CT molecular complexity index is 466. The summed E-state index contributed by atoms with van der Waals surface area (Å²) in [6, 6.07) is 2.01. The molecule has 5 nitrogen and oxygen atoms in total. The van der Waals surface area contributed by atoms with E-state index in [4.69, 9.17) is 4.52 Å². The van der Waals surface area contributed by atoms with Gasteiger partial charge in [-0.1, -0.05) is 18.0 Å². The molecule has 1 N–H and O–H groups in total. The van der Waals surface area contributed by atoms with E-state index in [-0.39, 0.29) is 17.7 Å².